The molecule has 3 aromatic rings. The van der Waals surface area contributed by atoms with Crippen LogP contribution in [0.25, 0.3) is 22.5 Å². The molecule has 0 spiro atoms. The molecule has 0 bridgehead atoms. The van der Waals surface area contributed by atoms with Gasteiger partial charge in [0.05, 0.1) is 23.0 Å². The molecular weight excluding hydrogens is 395 g/mol. The third-order valence-corrected chi connectivity index (χ3v) is 4.66. The van der Waals surface area contributed by atoms with E-state index in [-0.39, 0.29) is 12.4 Å². The minimum Gasteiger partial charge on any atom is -0.460 e. The quantitative estimate of drug-likeness (QED) is 0.505. The number of hydrogen-bond donors (Lipinski definition) is 0. The van der Waals surface area contributed by atoms with Crippen LogP contribution in [0, 0.1) is 0 Å². The second-order valence-corrected chi connectivity index (χ2v) is 6.82. The molecule has 1 aromatic heterocycles. The average molecular weight is 410 g/mol. The number of rotatable bonds is 4. The lowest BCUT2D eigenvalue weighted by atomic mass is 10.0. The highest BCUT2D eigenvalue weighted by molar-refractivity contribution is 6.36. The Bertz CT molecular complexity index is 966. The molecule has 3 rings (SSSR count). The topological polar surface area (TPSA) is 44.1 Å². The number of aromatic nitrogens is 2. The van der Waals surface area contributed by atoms with Gasteiger partial charge < -0.3 is 9.30 Å². The van der Waals surface area contributed by atoms with Crippen molar-refractivity contribution in [3.05, 3.63) is 63.4 Å². The highest BCUT2D eigenvalue weighted by Crippen LogP contribution is 2.37. The van der Waals surface area contributed by atoms with E-state index in [1.807, 2.05) is 12.1 Å². The van der Waals surface area contributed by atoms with Gasteiger partial charge in [-0.1, -0.05) is 46.9 Å². The maximum absolute atomic E-state index is 12.3. The largest absolute Gasteiger partial charge is 0.460 e. The molecule has 0 aliphatic heterocycles. The molecule has 134 valence electrons. The van der Waals surface area contributed by atoms with Crippen LogP contribution < -0.4 is 0 Å². The number of carbonyl (C=O) groups excluding carboxylic acids is 1. The van der Waals surface area contributed by atoms with Crippen LogP contribution in [-0.2, 0) is 11.8 Å². The molecule has 1 heterocycles. The van der Waals surface area contributed by atoms with Gasteiger partial charge in [-0.05, 0) is 37.3 Å². The lowest BCUT2D eigenvalue weighted by Crippen LogP contribution is -2.11. The molecule has 7 heteroatoms. The van der Waals surface area contributed by atoms with Crippen molar-refractivity contribution in [1.82, 2.24) is 9.55 Å². The van der Waals surface area contributed by atoms with E-state index < -0.39 is 5.97 Å². The zero-order chi connectivity index (χ0) is 18.8. The number of halogens is 3. The van der Waals surface area contributed by atoms with E-state index in [1.54, 1.807) is 48.9 Å². The molecule has 0 radical (unpaired) electrons. The lowest BCUT2D eigenvalue weighted by Gasteiger charge is -2.10. The van der Waals surface area contributed by atoms with Crippen LogP contribution in [0.2, 0.25) is 15.1 Å². The van der Waals surface area contributed by atoms with Gasteiger partial charge in [0.25, 0.3) is 0 Å². The Morgan fingerprint density at radius 2 is 1.73 bits per heavy atom. The van der Waals surface area contributed by atoms with Gasteiger partial charge in [-0.3, -0.25) is 0 Å². The van der Waals surface area contributed by atoms with Crippen molar-refractivity contribution in [3.63, 3.8) is 0 Å². The van der Waals surface area contributed by atoms with Gasteiger partial charge in [0.1, 0.15) is 0 Å². The molecule has 0 aliphatic carbocycles. The number of ether oxygens (including phenoxy) is 1. The van der Waals surface area contributed by atoms with Crippen LogP contribution in [0.4, 0.5) is 0 Å². The van der Waals surface area contributed by atoms with E-state index >= 15 is 0 Å². The van der Waals surface area contributed by atoms with Crippen molar-refractivity contribution in [2.75, 3.05) is 6.61 Å². The Kier molecular flexibility index (Phi) is 5.56. The van der Waals surface area contributed by atoms with Crippen molar-refractivity contribution in [2.45, 2.75) is 6.92 Å². The summed E-state index contributed by atoms with van der Waals surface area (Å²) in [5, 5.41) is 1.60. The van der Waals surface area contributed by atoms with Gasteiger partial charge >= 0.3 is 5.97 Å². The third-order valence-electron chi connectivity index (χ3n) is 3.86. The number of hydrogen-bond acceptors (Lipinski definition) is 3. The molecule has 26 heavy (non-hydrogen) atoms. The van der Waals surface area contributed by atoms with Crippen LogP contribution >= 0.6 is 34.8 Å². The van der Waals surface area contributed by atoms with Gasteiger partial charge in [0.15, 0.2) is 0 Å². The Labute approximate surface area is 166 Å². The minimum absolute atomic E-state index is 0.192. The number of imidazole rings is 1. The lowest BCUT2D eigenvalue weighted by molar-refractivity contribution is 0.0508. The molecule has 0 atom stereocenters. The first-order valence-electron chi connectivity index (χ1n) is 7.87. The van der Waals surface area contributed by atoms with E-state index in [4.69, 9.17) is 39.5 Å². The molecule has 0 fully saturated rings. The average Bonchev–Trinajstić information content (AvgIpc) is 2.93. The first-order valence-corrected chi connectivity index (χ1v) is 9.01. The van der Waals surface area contributed by atoms with Crippen molar-refractivity contribution in [1.29, 1.82) is 0 Å². The second-order valence-electron chi connectivity index (χ2n) is 5.54. The highest BCUT2D eigenvalue weighted by Gasteiger charge is 2.24. The fraction of sp³-hybridized carbons (Fsp3) is 0.158. The fourth-order valence-electron chi connectivity index (χ4n) is 2.68. The predicted molar refractivity (Wildman–Crippen MR) is 105 cm³/mol. The molecular formula is C19H15Cl3N2O2. The molecule has 0 saturated carbocycles. The number of nitrogens with zero attached hydrogens (tertiary/aromatic N) is 2. The Balaban J connectivity index is 2.26. The summed E-state index contributed by atoms with van der Waals surface area (Å²) in [4.78, 5) is 16.8. The van der Waals surface area contributed by atoms with Gasteiger partial charge in [-0.25, -0.2) is 9.78 Å². The number of benzene rings is 2. The van der Waals surface area contributed by atoms with E-state index in [1.165, 1.54) is 0 Å². The summed E-state index contributed by atoms with van der Waals surface area (Å²) in [6.07, 6.45) is 0. The van der Waals surface area contributed by atoms with Gasteiger partial charge in [0.2, 0.25) is 5.82 Å². The summed E-state index contributed by atoms with van der Waals surface area (Å²) in [6.45, 7) is 2.01. The smallest absolute Gasteiger partial charge is 0.374 e. The highest BCUT2D eigenvalue weighted by atomic mass is 35.5. The Morgan fingerprint density at radius 3 is 2.35 bits per heavy atom. The maximum atomic E-state index is 12.3. The van der Waals surface area contributed by atoms with Crippen LogP contribution in [0.3, 0.4) is 0 Å². The standard InChI is InChI=1S/C19H15Cl3N2O2/c1-3-26-19(25)18-23-16(11-4-6-12(20)7-5-11)17(24(18)2)14-9-8-13(21)10-15(14)22/h4-10H,3H2,1-2H3. The van der Waals surface area contributed by atoms with E-state index in [2.05, 4.69) is 4.98 Å². The number of esters is 1. The maximum Gasteiger partial charge on any atom is 0.374 e. The zero-order valence-corrected chi connectivity index (χ0v) is 16.4. The van der Waals surface area contributed by atoms with Gasteiger partial charge in [-0.2, -0.15) is 0 Å². The molecule has 0 amide bonds. The third kappa shape index (κ3) is 3.58. The normalized spacial score (nSPS) is 10.8. The van der Waals surface area contributed by atoms with Crippen molar-refractivity contribution in [2.24, 2.45) is 7.05 Å². The van der Waals surface area contributed by atoms with Gasteiger partial charge in [0, 0.05) is 28.2 Å². The first-order chi connectivity index (χ1) is 12.4. The van der Waals surface area contributed by atoms with Crippen molar-refractivity contribution >= 4 is 40.8 Å². The summed E-state index contributed by atoms with van der Waals surface area (Å²) in [7, 11) is 1.75. The Morgan fingerprint density at radius 1 is 1.08 bits per heavy atom. The van der Waals surface area contributed by atoms with Crippen LogP contribution in [0.15, 0.2) is 42.5 Å². The monoisotopic (exact) mass is 408 g/mol. The summed E-state index contributed by atoms with van der Waals surface area (Å²) >= 11 is 18.4. The van der Waals surface area contributed by atoms with Gasteiger partial charge in [-0.15, -0.1) is 0 Å². The first kappa shape index (κ1) is 18.8. The van der Waals surface area contributed by atoms with E-state index in [0.717, 1.165) is 5.56 Å². The van der Waals surface area contributed by atoms with E-state index in [0.29, 0.717) is 32.0 Å². The zero-order valence-electron chi connectivity index (χ0n) is 14.1. The second kappa shape index (κ2) is 7.70. The van der Waals surface area contributed by atoms with Crippen LogP contribution in [0.5, 0.6) is 0 Å². The summed E-state index contributed by atoms with van der Waals surface area (Å²) in [5.41, 5.74) is 2.82. The van der Waals surface area contributed by atoms with Crippen molar-refractivity contribution < 1.29 is 9.53 Å². The van der Waals surface area contributed by atoms with Crippen molar-refractivity contribution in [3.8, 4) is 22.5 Å². The molecule has 4 nitrogen and oxygen atoms in total. The fourth-order valence-corrected chi connectivity index (χ4v) is 3.30. The molecule has 0 saturated heterocycles. The predicted octanol–water partition coefficient (Wildman–Crippen LogP) is 5.89. The van der Waals surface area contributed by atoms with Crippen LogP contribution in [0.1, 0.15) is 17.5 Å². The molecule has 0 aliphatic rings. The number of carbonyl (C=O) groups is 1. The summed E-state index contributed by atoms with van der Waals surface area (Å²) < 4.78 is 6.80. The molecule has 0 unspecified atom stereocenters. The minimum atomic E-state index is -0.499. The Hall–Kier alpha value is -2.01. The molecule has 2 aromatic carbocycles. The summed E-state index contributed by atoms with van der Waals surface area (Å²) in [6, 6.07) is 12.4. The SMILES string of the molecule is CCOC(=O)c1nc(-c2ccc(Cl)cc2)c(-c2ccc(Cl)cc2Cl)n1C. The van der Waals surface area contributed by atoms with Crippen LogP contribution in [-0.4, -0.2) is 22.1 Å². The summed E-state index contributed by atoms with van der Waals surface area (Å²) in [5.74, 6) is -0.306. The van der Waals surface area contributed by atoms with E-state index in [9.17, 15) is 4.79 Å². The molecule has 0 N–H and O–H groups in total.